The predicted octanol–water partition coefficient (Wildman–Crippen LogP) is 6.97. The number of alkyl halides is 11. The molecule has 0 radical (unpaired) electrons. The summed E-state index contributed by atoms with van der Waals surface area (Å²) in [5.74, 6) is -3.63. The molecule has 0 spiro atoms. The average molecular weight is 664 g/mol. The molecule has 0 aliphatic rings. The average Bonchev–Trinajstić information content (AvgIpc) is 2.90. The van der Waals surface area contributed by atoms with E-state index in [1.54, 1.807) is 0 Å². The third kappa shape index (κ3) is 9.09. The van der Waals surface area contributed by atoms with Crippen molar-refractivity contribution in [2.24, 2.45) is 0 Å². The molecular weight excluding hydrogens is 644 g/mol. The molecule has 3 aromatic carbocycles. The summed E-state index contributed by atoms with van der Waals surface area (Å²) in [5.41, 5.74) is -3.00. The summed E-state index contributed by atoms with van der Waals surface area (Å²) >= 11 is 0. The maximum absolute atomic E-state index is 14.8. The molecule has 0 saturated heterocycles. The zero-order chi connectivity index (χ0) is 33.8. The van der Waals surface area contributed by atoms with E-state index in [-0.39, 0.29) is 17.2 Å². The molecule has 45 heavy (non-hydrogen) atoms. The number of aliphatic hydroxyl groups is 1. The summed E-state index contributed by atoms with van der Waals surface area (Å²) in [7, 11) is 0. The Labute approximate surface area is 245 Å². The Bertz CT molecular complexity index is 1450. The monoisotopic (exact) mass is 664 g/mol. The standard InChI is InChI=1S/C27H20F12N2O4/c28-18-10-17(11-20(12-18)44-25(34,35)21(29)30)23(13-15-4-2-1-3-5-15,41-22(42)40-14-24(31,32)33)16-6-8-19(9-7-16)45-27(38,39)26(36,37)43/h1-12,21,43H,13-14H2,(H2,40,41,42)/t23-/m1/s1. The first-order valence-electron chi connectivity index (χ1n) is 12.2. The molecule has 3 N–H and O–H groups in total. The molecule has 6 nitrogen and oxygen atoms in total. The van der Waals surface area contributed by atoms with Gasteiger partial charge in [-0.2, -0.15) is 48.3 Å². The van der Waals surface area contributed by atoms with Gasteiger partial charge in [0.1, 0.15) is 23.9 Å². The number of hydrogen-bond donors (Lipinski definition) is 3. The quantitative estimate of drug-likeness (QED) is 0.183. The van der Waals surface area contributed by atoms with E-state index in [9.17, 15) is 57.5 Å². The largest absolute Gasteiger partial charge is 0.493 e. The number of nitrogens with one attached hydrogen (secondary N) is 2. The van der Waals surface area contributed by atoms with Gasteiger partial charge in [-0.25, -0.2) is 9.18 Å². The maximum Gasteiger partial charge on any atom is 0.493 e. The summed E-state index contributed by atoms with van der Waals surface area (Å²) in [4.78, 5) is 12.8. The lowest BCUT2D eigenvalue weighted by Crippen LogP contribution is -2.53. The topological polar surface area (TPSA) is 79.8 Å². The highest BCUT2D eigenvalue weighted by Gasteiger charge is 2.59. The number of hydrogen-bond acceptors (Lipinski definition) is 4. The minimum Gasteiger partial charge on any atom is -0.428 e. The van der Waals surface area contributed by atoms with E-state index in [4.69, 9.17) is 5.11 Å². The second kappa shape index (κ2) is 12.9. The molecule has 0 saturated carbocycles. The second-order valence-corrected chi connectivity index (χ2v) is 9.32. The van der Waals surface area contributed by atoms with Crippen LogP contribution < -0.4 is 20.1 Å². The Morgan fingerprint density at radius 2 is 1.38 bits per heavy atom. The van der Waals surface area contributed by atoms with Crippen LogP contribution in [0.25, 0.3) is 0 Å². The van der Waals surface area contributed by atoms with Crippen molar-refractivity contribution in [3.8, 4) is 11.5 Å². The van der Waals surface area contributed by atoms with E-state index in [0.29, 0.717) is 24.3 Å². The predicted molar refractivity (Wildman–Crippen MR) is 131 cm³/mol. The maximum atomic E-state index is 14.8. The fraction of sp³-hybridized carbons (Fsp3) is 0.296. The highest BCUT2D eigenvalue weighted by Crippen LogP contribution is 2.40. The van der Waals surface area contributed by atoms with Crippen molar-refractivity contribution in [2.75, 3.05) is 6.54 Å². The summed E-state index contributed by atoms with van der Waals surface area (Å²) in [6.45, 7) is -1.89. The first-order chi connectivity index (χ1) is 20.6. The van der Waals surface area contributed by atoms with E-state index in [1.807, 2.05) is 0 Å². The van der Waals surface area contributed by atoms with E-state index in [0.717, 1.165) is 12.1 Å². The Balaban J connectivity index is 2.24. The van der Waals surface area contributed by atoms with Crippen LogP contribution in [0.1, 0.15) is 16.7 Å². The normalized spacial score (nSPS) is 14.1. The van der Waals surface area contributed by atoms with Crippen molar-refractivity contribution in [1.82, 2.24) is 10.6 Å². The van der Waals surface area contributed by atoms with Crippen LogP contribution in [-0.2, 0) is 12.0 Å². The van der Waals surface area contributed by atoms with Gasteiger partial charge in [-0.15, -0.1) is 0 Å². The molecule has 3 rings (SSSR count). The molecule has 0 aliphatic heterocycles. The van der Waals surface area contributed by atoms with Crippen molar-refractivity contribution in [2.45, 2.75) is 42.9 Å². The second-order valence-electron chi connectivity index (χ2n) is 9.32. The SMILES string of the molecule is O=C(NCC(F)(F)F)N[C@](Cc1ccccc1)(c1ccc(OC(F)(F)C(O)(F)F)cc1)c1cc(F)cc(OC(F)(F)C(F)F)c1. The highest BCUT2D eigenvalue weighted by molar-refractivity contribution is 5.76. The number of carbonyl (C=O) groups is 1. The fourth-order valence-corrected chi connectivity index (χ4v) is 3.97. The van der Waals surface area contributed by atoms with E-state index in [1.165, 1.54) is 35.6 Å². The molecule has 0 fully saturated rings. The van der Waals surface area contributed by atoms with Crippen LogP contribution >= 0.6 is 0 Å². The third-order valence-electron chi connectivity index (χ3n) is 5.90. The molecular formula is C27H20F12N2O4. The van der Waals surface area contributed by atoms with Gasteiger partial charge in [-0.3, -0.25) is 0 Å². The van der Waals surface area contributed by atoms with Crippen LogP contribution in [-0.4, -0.2) is 48.6 Å². The molecule has 246 valence electrons. The number of halogens is 12. The molecule has 2 amide bonds. The summed E-state index contributed by atoms with van der Waals surface area (Å²) in [6, 6.07) is 9.94. The molecule has 3 aromatic rings. The van der Waals surface area contributed by atoms with E-state index in [2.05, 4.69) is 14.8 Å². The Kier molecular flexibility index (Phi) is 10.1. The molecule has 1 atom stereocenters. The molecule has 0 aromatic heterocycles. The Hall–Kier alpha value is -4.35. The van der Waals surface area contributed by atoms with Crippen LogP contribution in [0.4, 0.5) is 57.5 Å². The van der Waals surface area contributed by atoms with Gasteiger partial charge >= 0.3 is 37.0 Å². The van der Waals surface area contributed by atoms with Crippen LogP contribution in [0.3, 0.4) is 0 Å². The lowest BCUT2D eigenvalue weighted by atomic mass is 9.77. The number of benzene rings is 3. The number of rotatable bonds is 12. The summed E-state index contributed by atoms with van der Waals surface area (Å²) in [6.07, 6.45) is -26.1. The first-order valence-corrected chi connectivity index (χ1v) is 12.2. The number of urea groups is 1. The van der Waals surface area contributed by atoms with Gasteiger partial charge in [-0.05, 0) is 41.0 Å². The van der Waals surface area contributed by atoms with Gasteiger partial charge in [0.05, 0.1) is 5.54 Å². The van der Waals surface area contributed by atoms with Gasteiger partial charge in [0.15, 0.2) is 0 Å². The van der Waals surface area contributed by atoms with Gasteiger partial charge in [0.2, 0.25) is 0 Å². The lowest BCUT2D eigenvalue weighted by molar-refractivity contribution is -0.392. The number of amides is 2. The van der Waals surface area contributed by atoms with Gasteiger partial charge < -0.3 is 25.2 Å². The molecule has 0 bridgehead atoms. The van der Waals surface area contributed by atoms with Crippen LogP contribution in [0.15, 0.2) is 72.8 Å². The first kappa shape index (κ1) is 35.1. The van der Waals surface area contributed by atoms with Crippen molar-refractivity contribution in [3.63, 3.8) is 0 Å². The summed E-state index contributed by atoms with van der Waals surface area (Å²) in [5, 5.41) is 12.0. The summed E-state index contributed by atoms with van der Waals surface area (Å²) < 4.78 is 167. The number of ether oxygens (including phenoxy) is 2. The minimum atomic E-state index is -5.64. The van der Waals surface area contributed by atoms with E-state index >= 15 is 0 Å². The molecule has 18 heteroatoms. The minimum absolute atomic E-state index is 0.241. The van der Waals surface area contributed by atoms with Crippen molar-refractivity contribution >= 4 is 6.03 Å². The Morgan fingerprint density at radius 3 is 1.91 bits per heavy atom. The molecule has 0 heterocycles. The lowest BCUT2D eigenvalue weighted by Gasteiger charge is -2.37. The molecule has 0 aliphatic carbocycles. The van der Waals surface area contributed by atoms with Crippen LogP contribution in [0.5, 0.6) is 11.5 Å². The van der Waals surface area contributed by atoms with Crippen molar-refractivity contribution < 1.29 is 72.1 Å². The van der Waals surface area contributed by atoms with E-state index < -0.39 is 78.3 Å². The van der Waals surface area contributed by atoms with Gasteiger partial charge in [0.25, 0.3) is 0 Å². The number of carbonyl (C=O) groups excluding carboxylic acids is 1. The van der Waals surface area contributed by atoms with Crippen LogP contribution in [0, 0.1) is 5.82 Å². The third-order valence-corrected chi connectivity index (χ3v) is 5.90. The van der Waals surface area contributed by atoms with Gasteiger partial charge in [-0.1, -0.05) is 42.5 Å². The fourth-order valence-electron chi connectivity index (χ4n) is 3.97. The zero-order valence-corrected chi connectivity index (χ0v) is 22.1. The highest BCUT2D eigenvalue weighted by atomic mass is 19.4. The molecule has 0 unspecified atom stereocenters. The van der Waals surface area contributed by atoms with Gasteiger partial charge in [0, 0.05) is 12.5 Å². The smallest absolute Gasteiger partial charge is 0.428 e. The van der Waals surface area contributed by atoms with Crippen molar-refractivity contribution in [3.05, 3.63) is 95.3 Å². The van der Waals surface area contributed by atoms with Crippen molar-refractivity contribution in [1.29, 1.82) is 0 Å². The van der Waals surface area contributed by atoms with Crippen LogP contribution in [0.2, 0.25) is 0 Å². The Morgan fingerprint density at radius 1 is 0.778 bits per heavy atom. The zero-order valence-electron chi connectivity index (χ0n) is 22.1.